The van der Waals surface area contributed by atoms with Crippen LogP contribution >= 0.6 is 39.0 Å². The zero-order valence-corrected chi connectivity index (χ0v) is 16.7. The van der Waals surface area contributed by atoms with Crippen LogP contribution in [0.4, 0.5) is 5.69 Å². The summed E-state index contributed by atoms with van der Waals surface area (Å²) in [6.07, 6.45) is 0. The molecule has 1 aromatic carbocycles. The molecule has 0 radical (unpaired) electrons. The summed E-state index contributed by atoms with van der Waals surface area (Å²) in [5.41, 5.74) is 1.91. The summed E-state index contributed by atoms with van der Waals surface area (Å²) in [6, 6.07) is 11.6. The number of hydrogen-bond acceptors (Lipinski definition) is 4. The second-order valence-corrected chi connectivity index (χ2v) is 9.17. The topological polar surface area (TPSA) is 58.2 Å². The Morgan fingerprint density at radius 1 is 1.21 bits per heavy atom. The first-order valence-corrected chi connectivity index (χ1v) is 10.1. The second kappa shape index (κ2) is 9.25. The molecule has 2 aromatic rings. The van der Waals surface area contributed by atoms with Gasteiger partial charge in [-0.2, -0.15) is 0 Å². The van der Waals surface area contributed by atoms with Crippen molar-refractivity contribution in [3.05, 3.63) is 50.6 Å². The van der Waals surface area contributed by atoms with E-state index in [1.54, 1.807) is 11.3 Å². The van der Waals surface area contributed by atoms with Crippen molar-refractivity contribution < 1.29 is 9.59 Å². The van der Waals surface area contributed by atoms with Gasteiger partial charge in [-0.1, -0.05) is 17.7 Å². The van der Waals surface area contributed by atoms with Gasteiger partial charge in [0.1, 0.15) is 0 Å². The van der Waals surface area contributed by atoms with E-state index in [1.807, 2.05) is 50.2 Å². The van der Waals surface area contributed by atoms with Crippen LogP contribution in [0.3, 0.4) is 0 Å². The normalized spacial score (nSPS) is 11.8. The van der Waals surface area contributed by atoms with Gasteiger partial charge in [0, 0.05) is 10.6 Å². The third-order valence-corrected chi connectivity index (χ3v) is 6.00. The Hall–Kier alpha value is -1.31. The lowest BCUT2D eigenvalue weighted by atomic mass is 10.2. The van der Waals surface area contributed by atoms with E-state index in [4.69, 9.17) is 0 Å². The molecule has 2 N–H and O–H groups in total. The molecular formula is C17H19BrN2O2S2. The minimum Gasteiger partial charge on any atom is -0.350 e. The monoisotopic (exact) mass is 426 g/mol. The maximum atomic E-state index is 12.1. The summed E-state index contributed by atoms with van der Waals surface area (Å²) >= 11 is 6.32. The average molecular weight is 427 g/mol. The Morgan fingerprint density at radius 2 is 1.92 bits per heavy atom. The van der Waals surface area contributed by atoms with Crippen LogP contribution in [0.1, 0.15) is 17.4 Å². The van der Waals surface area contributed by atoms with E-state index >= 15 is 0 Å². The van der Waals surface area contributed by atoms with Crippen molar-refractivity contribution >= 4 is 56.5 Å². The predicted octanol–water partition coefficient (Wildman–Crippen LogP) is 4.20. The predicted molar refractivity (Wildman–Crippen MR) is 106 cm³/mol. The highest BCUT2D eigenvalue weighted by atomic mass is 79.9. The van der Waals surface area contributed by atoms with Gasteiger partial charge >= 0.3 is 0 Å². The standard InChI is InChI=1S/C17H19BrN2O2S2/c1-11-3-5-13(6-4-11)20-16(21)10-23-12(2)17(22)19-9-14-7-8-15(18)24-14/h3-8,12H,9-10H2,1-2H3,(H,19,22)(H,20,21). The number of aryl methyl sites for hydroxylation is 1. The molecule has 7 heteroatoms. The third-order valence-electron chi connectivity index (χ3n) is 3.23. The lowest BCUT2D eigenvalue weighted by molar-refractivity contribution is -0.120. The fourth-order valence-corrected chi connectivity index (χ4v) is 4.01. The molecule has 0 aliphatic heterocycles. The fourth-order valence-electron chi connectivity index (χ4n) is 1.88. The van der Waals surface area contributed by atoms with Crippen LogP contribution in [0.25, 0.3) is 0 Å². The molecule has 1 heterocycles. The number of benzene rings is 1. The van der Waals surface area contributed by atoms with Crippen LogP contribution in [-0.2, 0) is 16.1 Å². The molecule has 2 amide bonds. The number of carbonyl (C=O) groups excluding carboxylic acids is 2. The molecule has 2 rings (SSSR count). The van der Waals surface area contributed by atoms with Gasteiger partial charge in [0.15, 0.2) is 0 Å². The number of thiophene rings is 1. The quantitative estimate of drug-likeness (QED) is 0.697. The first-order valence-electron chi connectivity index (χ1n) is 7.44. The number of nitrogens with one attached hydrogen (secondary N) is 2. The Balaban J connectivity index is 1.71. The minimum atomic E-state index is -0.280. The highest BCUT2D eigenvalue weighted by Gasteiger charge is 2.15. The molecule has 1 aromatic heterocycles. The van der Waals surface area contributed by atoms with E-state index in [-0.39, 0.29) is 22.8 Å². The van der Waals surface area contributed by atoms with Gasteiger partial charge in [-0.25, -0.2) is 0 Å². The van der Waals surface area contributed by atoms with Crippen LogP contribution in [0.2, 0.25) is 0 Å². The first kappa shape index (κ1) is 19.0. The van der Waals surface area contributed by atoms with Crippen molar-refractivity contribution in [2.75, 3.05) is 11.1 Å². The van der Waals surface area contributed by atoms with Gasteiger partial charge < -0.3 is 10.6 Å². The van der Waals surface area contributed by atoms with Crippen molar-refractivity contribution in [1.82, 2.24) is 5.32 Å². The van der Waals surface area contributed by atoms with E-state index in [1.165, 1.54) is 11.8 Å². The van der Waals surface area contributed by atoms with Crippen LogP contribution in [-0.4, -0.2) is 22.8 Å². The molecule has 24 heavy (non-hydrogen) atoms. The summed E-state index contributed by atoms with van der Waals surface area (Å²) in [7, 11) is 0. The summed E-state index contributed by atoms with van der Waals surface area (Å²) < 4.78 is 1.04. The van der Waals surface area contributed by atoms with Gasteiger partial charge in [0.2, 0.25) is 11.8 Å². The lowest BCUT2D eigenvalue weighted by Gasteiger charge is -2.11. The molecule has 0 spiro atoms. The fraction of sp³-hybridized carbons (Fsp3) is 0.294. The average Bonchev–Trinajstić information content (AvgIpc) is 2.98. The van der Waals surface area contributed by atoms with E-state index in [9.17, 15) is 9.59 Å². The lowest BCUT2D eigenvalue weighted by Crippen LogP contribution is -2.31. The van der Waals surface area contributed by atoms with Gasteiger partial charge in [-0.05, 0) is 54.0 Å². The third kappa shape index (κ3) is 6.30. The van der Waals surface area contributed by atoms with E-state index in [0.717, 1.165) is 19.9 Å². The molecule has 0 aliphatic carbocycles. The molecule has 0 bridgehead atoms. The molecule has 0 saturated carbocycles. The van der Waals surface area contributed by atoms with E-state index in [2.05, 4.69) is 26.6 Å². The minimum absolute atomic E-state index is 0.0624. The van der Waals surface area contributed by atoms with Crippen molar-refractivity contribution in [2.45, 2.75) is 25.6 Å². The Labute approximate surface area is 158 Å². The van der Waals surface area contributed by atoms with Gasteiger partial charge in [-0.15, -0.1) is 23.1 Å². The van der Waals surface area contributed by atoms with Gasteiger partial charge in [0.25, 0.3) is 0 Å². The number of hydrogen-bond donors (Lipinski definition) is 2. The number of carbonyl (C=O) groups is 2. The van der Waals surface area contributed by atoms with Crippen molar-refractivity contribution in [1.29, 1.82) is 0 Å². The van der Waals surface area contributed by atoms with Crippen molar-refractivity contribution in [2.24, 2.45) is 0 Å². The molecule has 128 valence electrons. The number of halogens is 1. The maximum absolute atomic E-state index is 12.1. The summed E-state index contributed by atoms with van der Waals surface area (Å²) in [5.74, 6) is 0.0749. The second-order valence-electron chi connectivity index (χ2n) is 5.29. The Bertz CT molecular complexity index is 701. The zero-order valence-electron chi connectivity index (χ0n) is 13.5. The molecule has 1 atom stereocenters. The van der Waals surface area contributed by atoms with Crippen LogP contribution in [0.15, 0.2) is 40.2 Å². The molecular weight excluding hydrogens is 408 g/mol. The van der Waals surface area contributed by atoms with Crippen molar-refractivity contribution in [3.63, 3.8) is 0 Å². The van der Waals surface area contributed by atoms with Gasteiger partial charge in [0.05, 0.1) is 21.3 Å². The summed E-state index contributed by atoms with van der Waals surface area (Å²) in [6.45, 7) is 4.32. The molecule has 0 saturated heterocycles. The maximum Gasteiger partial charge on any atom is 0.234 e. The number of thioether (sulfide) groups is 1. The van der Waals surface area contributed by atoms with Gasteiger partial charge in [-0.3, -0.25) is 9.59 Å². The largest absolute Gasteiger partial charge is 0.350 e. The number of rotatable bonds is 7. The molecule has 0 fully saturated rings. The zero-order chi connectivity index (χ0) is 17.5. The van der Waals surface area contributed by atoms with Crippen LogP contribution in [0, 0.1) is 6.92 Å². The van der Waals surface area contributed by atoms with Crippen LogP contribution in [0.5, 0.6) is 0 Å². The van der Waals surface area contributed by atoms with Crippen LogP contribution < -0.4 is 10.6 Å². The Morgan fingerprint density at radius 3 is 2.54 bits per heavy atom. The highest BCUT2D eigenvalue weighted by molar-refractivity contribution is 9.11. The number of amides is 2. The summed E-state index contributed by atoms with van der Waals surface area (Å²) in [4.78, 5) is 25.1. The van der Waals surface area contributed by atoms with E-state index in [0.29, 0.717) is 6.54 Å². The van der Waals surface area contributed by atoms with Crippen molar-refractivity contribution in [3.8, 4) is 0 Å². The SMILES string of the molecule is Cc1ccc(NC(=O)CSC(C)C(=O)NCc2ccc(Br)s2)cc1. The number of anilines is 1. The molecule has 1 unspecified atom stereocenters. The Kier molecular flexibility index (Phi) is 7.33. The molecule has 4 nitrogen and oxygen atoms in total. The smallest absolute Gasteiger partial charge is 0.234 e. The van der Waals surface area contributed by atoms with E-state index < -0.39 is 0 Å². The summed E-state index contributed by atoms with van der Waals surface area (Å²) in [5, 5.41) is 5.44. The highest BCUT2D eigenvalue weighted by Crippen LogP contribution is 2.22. The first-order chi connectivity index (χ1) is 11.4. The molecule has 0 aliphatic rings.